The van der Waals surface area contributed by atoms with Crippen molar-refractivity contribution in [3.63, 3.8) is 0 Å². The molecule has 1 atom stereocenters. The first-order chi connectivity index (χ1) is 9.23. The van der Waals surface area contributed by atoms with Crippen LogP contribution < -0.4 is 4.72 Å². The van der Waals surface area contributed by atoms with Crippen LogP contribution in [0.4, 0.5) is 0 Å². The summed E-state index contributed by atoms with van der Waals surface area (Å²) in [5, 5.41) is 11.5. The number of thioether (sulfide) groups is 1. The van der Waals surface area contributed by atoms with E-state index in [1.54, 1.807) is 6.92 Å². The highest BCUT2D eigenvalue weighted by Gasteiger charge is 2.28. The maximum absolute atomic E-state index is 12.2. The van der Waals surface area contributed by atoms with Gasteiger partial charge in [-0.05, 0) is 24.6 Å². The molecule has 0 fully saturated rings. The molecule has 0 aliphatic rings. The van der Waals surface area contributed by atoms with Crippen LogP contribution in [0, 0.1) is 0 Å². The summed E-state index contributed by atoms with van der Waals surface area (Å²) in [6.07, 6.45) is 1.82. The van der Waals surface area contributed by atoms with E-state index in [0.717, 1.165) is 11.3 Å². The molecule has 1 aromatic rings. The lowest BCUT2D eigenvalue weighted by Gasteiger charge is -2.22. The van der Waals surface area contributed by atoms with Crippen LogP contribution in [0.15, 0.2) is 16.3 Å². The van der Waals surface area contributed by atoms with E-state index < -0.39 is 21.6 Å². The van der Waals surface area contributed by atoms with E-state index in [1.165, 1.54) is 30.3 Å². The van der Waals surface area contributed by atoms with Crippen LogP contribution in [0.5, 0.6) is 0 Å². The average molecular weight is 339 g/mol. The first-order valence-electron chi connectivity index (χ1n) is 5.60. The number of esters is 1. The quantitative estimate of drug-likeness (QED) is 0.718. The first-order valence-corrected chi connectivity index (χ1v) is 9.36. The van der Waals surface area contributed by atoms with Gasteiger partial charge >= 0.3 is 5.97 Å². The standard InChI is InChI=1S/C11H17NO5S3/c1-11(14,7-18-3)6-12-20(15,16)8-4-5-19-9(8)10(13)17-2/h4-5,12,14H,6-7H2,1-3H3. The summed E-state index contributed by atoms with van der Waals surface area (Å²) in [5.41, 5.74) is -1.16. The molecule has 114 valence electrons. The summed E-state index contributed by atoms with van der Waals surface area (Å²) in [5.74, 6) is -0.306. The highest BCUT2D eigenvalue weighted by Crippen LogP contribution is 2.23. The lowest BCUT2D eigenvalue weighted by Crippen LogP contribution is -2.42. The summed E-state index contributed by atoms with van der Waals surface area (Å²) < 4.78 is 31.2. The number of sulfonamides is 1. The number of aliphatic hydroxyl groups is 1. The Kier molecular flexibility index (Phi) is 6.02. The molecule has 0 spiro atoms. The zero-order chi connectivity index (χ0) is 15.4. The molecule has 20 heavy (non-hydrogen) atoms. The van der Waals surface area contributed by atoms with Gasteiger partial charge in [-0.25, -0.2) is 17.9 Å². The first kappa shape index (κ1) is 17.4. The molecule has 9 heteroatoms. The smallest absolute Gasteiger partial charge is 0.349 e. The molecule has 0 bridgehead atoms. The van der Waals surface area contributed by atoms with Gasteiger partial charge in [0.25, 0.3) is 0 Å². The minimum absolute atomic E-state index is 0.0181. The number of methoxy groups -OCH3 is 1. The van der Waals surface area contributed by atoms with E-state index in [2.05, 4.69) is 9.46 Å². The Morgan fingerprint density at radius 3 is 2.80 bits per heavy atom. The predicted octanol–water partition coefficient (Wildman–Crippen LogP) is 0.927. The van der Waals surface area contributed by atoms with Crippen LogP contribution in [0.25, 0.3) is 0 Å². The van der Waals surface area contributed by atoms with Crippen LogP contribution in [-0.4, -0.2) is 50.8 Å². The lowest BCUT2D eigenvalue weighted by atomic mass is 10.1. The van der Waals surface area contributed by atoms with Crippen molar-refractivity contribution in [3.8, 4) is 0 Å². The largest absolute Gasteiger partial charge is 0.465 e. The minimum Gasteiger partial charge on any atom is -0.465 e. The molecule has 1 aromatic heterocycles. The lowest BCUT2D eigenvalue weighted by molar-refractivity contribution is 0.0602. The van der Waals surface area contributed by atoms with Crippen molar-refractivity contribution in [2.24, 2.45) is 0 Å². The Morgan fingerprint density at radius 2 is 2.25 bits per heavy atom. The second-order valence-corrected chi connectivity index (χ2v) is 7.88. The molecule has 6 nitrogen and oxygen atoms in total. The molecule has 0 saturated carbocycles. The number of nitrogens with one attached hydrogen (secondary N) is 1. The number of hydrogen-bond donors (Lipinski definition) is 2. The van der Waals surface area contributed by atoms with Crippen LogP contribution >= 0.6 is 23.1 Å². The fraction of sp³-hybridized carbons (Fsp3) is 0.545. The van der Waals surface area contributed by atoms with E-state index in [4.69, 9.17) is 0 Å². The number of carbonyl (C=O) groups excluding carboxylic acids is 1. The maximum Gasteiger partial charge on any atom is 0.349 e. The third-order valence-electron chi connectivity index (χ3n) is 2.39. The van der Waals surface area contributed by atoms with E-state index in [1.807, 2.05) is 6.26 Å². The Balaban J connectivity index is 2.90. The second kappa shape index (κ2) is 6.90. The van der Waals surface area contributed by atoms with Crippen LogP contribution in [-0.2, 0) is 14.8 Å². The molecule has 0 aliphatic carbocycles. The van der Waals surface area contributed by atoms with Crippen molar-refractivity contribution in [3.05, 3.63) is 16.3 Å². The minimum atomic E-state index is -3.86. The Labute approximate surface area is 126 Å². The van der Waals surface area contributed by atoms with Gasteiger partial charge in [-0.15, -0.1) is 11.3 Å². The van der Waals surface area contributed by atoms with E-state index >= 15 is 0 Å². The summed E-state index contributed by atoms with van der Waals surface area (Å²) in [4.78, 5) is 11.4. The van der Waals surface area contributed by atoms with Gasteiger partial charge in [0.05, 0.1) is 12.7 Å². The van der Waals surface area contributed by atoms with Gasteiger partial charge in [-0.3, -0.25) is 0 Å². The molecule has 1 unspecified atom stereocenters. The molecular formula is C11H17NO5S3. The van der Waals surface area contributed by atoms with E-state index in [9.17, 15) is 18.3 Å². The summed E-state index contributed by atoms with van der Waals surface area (Å²) >= 11 is 2.40. The monoisotopic (exact) mass is 339 g/mol. The Morgan fingerprint density at radius 1 is 1.60 bits per heavy atom. The SMILES string of the molecule is COC(=O)c1sccc1S(=O)(=O)NCC(C)(O)CSC. The van der Waals surface area contributed by atoms with E-state index in [0.29, 0.717) is 5.75 Å². The molecule has 0 aromatic carbocycles. The maximum atomic E-state index is 12.2. The van der Waals surface area contributed by atoms with Crippen LogP contribution in [0.1, 0.15) is 16.6 Å². The summed E-state index contributed by atoms with van der Waals surface area (Å²) in [6, 6.07) is 1.34. The van der Waals surface area contributed by atoms with Crippen LogP contribution in [0.3, 0.4) is 0 Å². The van der Waals surface area contributed by atoms with Crippen molar-refractivity contribution < 1.29 is 23.1 Å². The molecule has 0 aliphatic heterocycles. The molecule has 0 amide bonds. The highest BCUT2D eigenvalue weighted by molar-refractivity contribution is 7.98. The van der Waals surface area contributed by atoms with Crippen molar-refractivity contribution in [2.75, 3.05) is 25.7 Å². The fourth-order valence-corrected chi connectivity index (χ4v) is 4.66. The number of carbonyl (C=O) groups is 1. The zero-order valence-electron chi connectivity index (χ0n) is 11.4. The molecule has 1 heterocycles. The Hall–Kier alpha value is -0.610. The molecule has 2 N–H and O–H groups in total. The van der Waals surface area contributed by atoms with Crippen LogP contribution in [0.2, 0.25) is 0 Å². The molecule has 0 saturated heterocycles. The van der Waals surface area contributed by atoms with Crippen molar-refractivity contribution >= 4 is 39.1 Å². The Bertz CT molecular complexity index is 564. The number of rotatable bonds is 7. The average Bonchev–Trinajstić information content (AvgIpc) is 2.86. The third kappa shape index (κ3) is 4.45. The normalized spacial score (nSPS) is 14.8. The van der Waals surface area contributed by atoms with Crippen molar-refractivity contribution in [2.45, 2.75) is 17.4 Å². The number of ether oxygens (including phenoxy) is 1. The summed E-state index contributed by atoms with van der Waals surface area (Å²) in [6.45, 7) is 1.41. The topological polar surface area (TPSA) is 92.7 Å². The molecular weight excluding hydrogens is 322 g/mol. The van der Waals surface area contributed by atoms with Gasteiger partial charge in [-0.2, -0.15) is 11.8 Å². The van der Waals surface area contributed by atoms with Gasteiger partial charge in [0.15, 0.2) is 0 Å². The van der Waals surface area contributed by atoms with Gasteiger partial charge in [0.2, 0.25) is 10.0 Å². The zero-order valence-corrected chi connectivity index (χ0v) is 13.8. The van der Waals surface area contributed by atoms with Crippen molar-refractivity contribution in [1.82, 2.24) is 4.72 Å². The highest BCUT2D eigenvalue weighted by atomic mass is 32.2. The molecule has 0 radical (unpaired) electrons. The predicted molar refractivity (Wildman–Crippen MR) is 79.9 cm³/mol. The fourth-order valence-electron chi connectivity index (χ4n) is 1.44. The van der Waals surface area contributed by atoms with Gasteiger partial charge in [0, 0.05) is 12.3 Å². The van der Waals surface area contributed by atoms with Crippen molar-refractivity contribution in [1.29, 1.82) is 0 Å². The summed E-state index contributed by atoms with van der Waals surface area (Å²) in [7, 11) is -2.67. The third-order valence-corrected chi connectivity index (χ3v) is 5.77. The van der Waals surface area contributed by atoms with Gasteiger partial charge in [0.1, 0.15) is 9.77 Å². The number of hydrogen-bond acceptors (Lipinski definition) is 7. The van der Waals surface area contributed by atoms with E-state index in [-0.39, 0.29) is 16.3 Å². The van der Waals surface area contributed by atoms with Gasteiger partial charge in [-0.1, -0.05) is 0 Å². The molecule has 1 rings (SSSR count). The van der Waals surface area contributed by atoms with Gasteiger partial charge < -0.3 is 9.84 Å². The number of thiophene rings is 1. The second-order valence-electron chi connectivity index (χ2n) is 4.36.